The summed E-state index contributed by atoms with van der Waals surface area (Å²) in [5, 5.41) is 0. The lowest BCUT2D eigenvalue weighted by atomic mass is 10.1. The minimum atomic E-state index is -0.454. The number of aryl methyl sites for hydroxylation is 1. The number of piperazine rings is 1. The third kappa shape index (κ3) is 5.38. The van der Waals surface area contributed by atoms with Gasteiger partial charge in [-0.2, -0.15) is 0 Å². The van der Waals surface area contributed by atoms with Gasteiger partial charge in [-0.05, 0) is 19.1 Å². The van der Waals surface area contributed by atoms with E-state index in [4.69, 9.17) is 9.72 Å². The molecular weight excluding hydrogens is 394 g/mol. The lowest BCUT2D eigenvalue weighted by Gasteiger charge is -2.36. The Hall–Kier alpha value is -3.00. The zero-order chi connectivity index (χ0) is 22.5. The fourth-order valence-electron chi connectivity index (χ4n) is 3.61. The van der Waals surface area contributed by atoms with Crippen LogP contribution in [-0.4, -0.2) is 73.6 Å². The number of carbonyl (C=O) groups excluding carboxylic acids is 2. The quantitative estimate of drug-likeness (QED) is 0.658. The van der Waals surface area contributed by atoms with E-state index in [1.165, 1.54) is 12.0 Å². The van der Waals surface area contributed by atoms with Crippen molar-refractivity contribution in [3.05, 3.63) is 47.4 Å². The van der Waals surface area contributed by atoms with Crippen LogP contribution in [0.2, 0.25) is 0 Å². The number of methoxy groups -OCH3 is 1. The summed E-state index contributed by atoms with van der Waals surface area (Å²) in [5.74, 6) is 1.57. The summed E-state index contributed by atoms with van der Waals surface area (Å²) in [6.45, 7) is 9.59. The summed E-state index contributed by atoms with van der Waals surface area (Å²) in [4.78, 5) is 40.1. The fraction of sp³-hybridized carbons (Fsp3) is 0.478. The molecule has 0 N–H and O–H groups in total. The number of hydrogen-bond donors (Lipinski definition) is 0. The van der Waals surface area contributed by atoms with Gasteiger partial charge in [-0.3, -0.25) is 9.69 Å². The molecule has 1 amide bonds. The Morgan fingerprint density at radius 2 is 1.81 bits per heavy atom. The first-order chi connectivity index (χ1) is 14.8. The second kappa shape index (κ2) is 9.87. The molecule has 2 heterocycles. The third-order valence-electron chi connectivity index (χ3n) is 5.47. The van der Waals surface area contributed by atoms with E-state index >= 15 is 0 Å². The van der Waals surface area contributed by atoms with Crippen LogP contribution in [0, 0.1) is 6.92 Å². The molecule has 2 aromatic rings. The molecule has 8 nitrogen and oxygen atoms in total. The van der Waals surface area contributed by atoms with Crippen LogP contribution >= 0.6 is 0 Å². The molecule has 1 aromatic heterocycles. The minimum absolute atomic E-state index is 0.0650. The number of carbonyl (C=O) groups is 2. The number of aromatic nitrogens is 2. The summed E-state index contributed by atoms with van der Waals surface area (Å²) >= 11 is 0. The van der Waals surface area contributed by atoms with Crippen molar-refractivity contribution < 1.29 is 14.3 Å². The van der Waals surface area contributed by atoms with Crippen LogP contribution in [0.3, 0.4) is 0 Å². The van der Waals surface area contributed by atoms with Gasteiger partial charge >= 0.3 is 5.97 Å². The average Bonchev–Trinajstić information content (AvgIpc) is 2.78. The highest BCUT2D eigenvalue weighted by atomic mass is 16.5. The molecule has 0 atom stereocenters. The zero-order valence-electron chi connectivity index (χ0n) is 19.0. The van der Waals surface area contributed by atoms with E-state index in [1.54, 1.807) is 31.3 Å². The first-order valence-corrected chi connectivity index (χ1v) is 10.6. The Labute approximate surface area is 183 Å². The van der Waals surface area contributed by atoms with Gasteiger partial charge in [0.05, 0.1) is 24.9 Å². The highest BCUT2D eigenvalue weighted by Gasteiger charge is 2.24. The third-order valence-corrected chi connectivity index (χ3v) is 5.47. The number of ether oxygens (including phenoxy) is 1. The Morgan fingerprint density at radius 3 is 2.45 bits per heavy atom. The van der Waals surface area contributed by atoms with E-state index in [1.807, 2.05) is 13.0 Å². The highest BCUT2D eigenvalue weighted by Crippen LogP contribution is 2.21. The first-order valence-electron chi connectivity index (χ1n) is 10.6. The summed E-state index contributed by atoms with van der Waals surface area (Å²) in [6.07, 6.45) is 0. The number of anilines is 2. The molecule has 1 aliphatic heterocycles. The van der Waals surface area contributed by atoms with Crippen molar-refractivity contribution in [1.29, 1.82) is 0 Å². The second-order valence-corrected chi connectivity index (χ2v) is 8.11. The number of amides is 1. The predicted octanol–water partition coefficient (Wildman–Crippen LogP) is 2.48. The molecule has 0 aliphatic carbocycles. The maximum atomic E-state index is 12.9. The van der Waals surface area contributed by atoms with Crippen LogP contribution in [0.15, 0.2) is 30.3 Å². The van der Waals surface area contributed by atoms with Crippen LogP contribution in [0.1, 0.15) is 41.6 Å². The lowest BCUT2D eigenvalue weighted by molar-refractivity contribution is -0.119. The standard InChI is InChI=1S/C23H31N5O3/c1-16(2)22-24-17(3)14-20(25-22)28-12-10-27(11-13-28)15-21(29)26(4)19-9-7-6-8-18(19)23(30)31-5/h6-9,14,16H,10-13,15H2,1-5H3. The molecule has 0 unspecified atom stereocenters. The van der Waals surface area contributed by atoms with Crippen molar-refractivity contribution in [2.24, 2.45) is 0 Å². The topological polar surface area (TPSA) is 78.9 Å². The van der Waals surface area contributed by atoms with Gasteiger partial charge in [-0.15, -0.1) is 0 Å². The van der Waals surface area contributed by atoms with Crippen LogP contribution in [0.25, 0.3) is 0 Å². The Kier molecular flexibility index (Phi) is 7.22. The molecular formula is C23H31N5O3. The lowest BCUT2D eigenvalue weighted by Crippen LogP contribution is -2.50. The van der Waals surface area contributed by atoms with Gasteiger partial charge in [0.25, 0.3) is 0 Å². The SMILES string of the molecule is COC(=O)c1ccccc1N(C)C(=O)CN1CCN(c2cc(C)nc(C(C)C)n2)CC1. The van der Waals surface area contributed by atoms with Crippen molar-refractivity contribution in [3.8, 4) is 0 Å². The summed E-state index contributed by atoms with van der Waals surface area (Å²) in [7, 11) is 3.03. The molecule has 8 heteroatoms. The molecule has 1 fully saturated rings. The Bertz CT molecular complexity index is 939. The minimum Gasteiger partial charge on any atom is -0.465 e. The van der Waals surface area contributed by atoms with Gasteiger partial charge in [0.15, 0.2) is 0 Å². The smallest absolute Gasteiger partial charge is 0.339 e. The number of benzene rings is 1. The van der Waals surface area contributed by atoms with Crippen molar-refractivity contribution in [2.75, 3.05) is 56.7 Å². The van der Waals surface area contributed by atoms with Gasteiger partial charge in [0.1, 0.15) is 11.6 Å². The van der Waals surface area contributed by atoms with Crippen molar-refractivity contribution in [3.63, 3.8) is 0 Å². The number of likely N-dealkylation sites (N-methyl/N-ethyl adjacent to an activating group) is 1. The van der Waals surface area contributed by atoms with E-state index in [2.05, 4.69) is 28.6 Å². The van der Waals surface area contributed by atoms with E-state index in [0.717, 1.165) is 43.5 Å². The highest BCUT2D eigenvalue weighted by molar-refractivity contribution is 6.02. The van der Waals surface area contributed by atoms with Gasteiger partial charge in [-0.1, -0.05) is 26.0 Å². The fourth-order valence-corrected chi connectivity index (χ4v) is 3.61. The summed E-state index contributed by atoms with van der Waals surface area (Å²) < 4.78 is 4.84. The van der Waals surface area contributed by atoms with Crippen molar-refractivity contribution in [2.45, 2.75) is 26.7 Å². The number of nitrogens with zero attached hydrogens (tertiary/aromatic N) is 5. The number of rotatable bonds is 6. The van der Waals surface area contributed by atoms with Gasteiger partial charge in [0.2, 0.25) is 5.91 Å². The van der Waals surface area contributed by atoms with Gasteiger partial charge in [0, 0.05) is 50.9 Å². The predicted molar refractivity (Wildman–Crippen MR) is 121 cm³/mol. The Balaban J connectivity index is 1.61. The van der Waals surface area contributed by atoms with Crippen LogP contribution < -0.4 is 9.80 Å². The van der Waals surface area contributed by atoms with E-state index in [9.17, 15) is 9.59 Å². The van der Waals surface area contributed by atoms with Gasteiger partial charge in [-0.25, -0.2) is 14.8 Å². The average molecular weight is 426 g/mol. The molecule has 0 spiro atoms. The molecule has 1 aliphatic rings. The number of para-hydroxylation sites is 1. The molecule has 0 radical (unpaired) electrons. The van der Waals surface area contributed by atoms with E-state index in [-0.39, 0.29) is 11.8 Å². The van der Waals surface area contributed by atoms with E-state index in [0.29, 0.717) is 17.8 Å². The normalized spacial score (nSPS) is 14.6. The molecule has 166 valence electrons. The largest absolute Gasteiger partial charge is 0.465 e. The van der Waals surface area contributed by atoms with E-state index < -0.39 is 5.97 Å². The molecule has 1 saturated heterocycles. The molecule has 31 heavy (non-hydrogen) atoms. The molecule has 3 rings (SSSR count). The maximum Gasteiger partial charge on any atom is 0.339 e. The van der Waals surface area contributed by atoms with Crippen molar-refractivity contribution in [1.82, 2.24) is 14.9 Å². The monoisotopic (exact) mass is 425 g/mol. The summed E-state index contributed by atoms with van der Waals surface area (Å²) in [5.41, 5.74) is 1.90. The molecule has 0 bridgehead atoms. The summed E-state index contributed by atoms with van der Waals surface area (Å²) in [6, 6.07) is 9.00. The van der Waals surface area contributed by atoms with Crippen molar-refractivity contribution >= 4 is 23.4 Å². The maximum absolute atomic E-state index is 12.9. The zero-order valence-corrected chi connectivity index (χ0v) is 19.0. The molecule has 0 saturated carbocycles. The second-order valence-electron chi connectivity index (χ2n) is 8.11. The number of esters is 1. The van der Waals surface area contributed by atoms with Crippen LogP contribution in [0.5, 0.6) is 0 Å². The molecule has 1 aromatic carbocycles. The Morgan fingerprint density at radius 1 is 1.13 bits per heavy atom. The van der Waals surface area contributed by atoms with Gasteiger partial charge < -0.3 is 14.5 Å². The van der Waals surface area contributed by atoms with Crippen LogP contribution in [0.4, 0.5) is 11.5 Å². The number of hydrogen-bond acceptors (Lipinski definition) is 7. The van der Waals surface area contributed by atoms with Crippen LogP contribution in [-0.2, 0) is 9.53 Å². The first kappa shape index (κ1) is 22.7.